The summed E-state index contributed by atoms with van der Waals surface area (Å²) < 4.78 is 25.8. The van der Waals surface area contributed by atoms with E-state index in [1.807, 2.05) is 28.8 Å². The number of fused-ring (bicyclic) bond motifs is 1. The molecule has 0 radical (unpaired) electrons. The number of nitrogens with two attached hydrogens (primary N) is 1. The minimum atomic E-state index is -0.959. The largest absolute Gasteiger partial charge is 0.491 e. The van der Waals surface area contributed by atoms with E-state index in [-0.39, 0.29) is 11.9 Å². The number of hydrogen-bond acceptors (Lipinski definition) is 8. The number of ether oxygens (including phenoxy) is 2. The molecule has 0 saturated carbocycles. The van der Waals surface area contributed by atoms with Crippen LogP contribution in [0.15, 0.2) is 43.0 Å². The van der Waals surface area contributed by atoms with Gasteiger partial charge in [0.15, 0.2) is 17.3 Å². The molecule has 0 bridgehead atoms. The Morgan fingerprint density at radius 3 is 2.82 bits per heavy atom. The van der Waals surface area contributed by atoms with Crippen LogP contribution in [0.1, 0.15) is 18.9 Å². The van der Waals surface area contributed by atoms with Crippen LogP contribution >= 0.6 is 0 Å². The molecule has 1 aliphatic rings. The van der Waals surface area contributed by atoms with E-state index in [1.54, 1.807) is 13.4 Å². The quantitative estimate of drug-likeness (QED) is 0.393. The Labute approximate surface area is 190 Å². The lowest BCUT2D eigenvalue weighted by Gasteiger charge is -2.33. The maximum atomic E-state index is 13.4. The highest BCUT2D eigenvalue weighted by molar-refractivity contribution is 5.90. The SMILES string of the molecule is C=C(F)C(=O)N1CCCC(n2cnc3c(N)nc(Nc4ccc(OCCOC)cc4)nc32)C1. The van der Waals surface area contributed by atoms with Gasteiger partial charge in [0.2, 0.25) is 5.95 Å². The number of imidazole rings is 1. The maximum Gasteiger partial charge on any atom is 0.282 e. The molecule has 10 nitrogen and oxygen atoms in total. The molecular formula is C22H26FN7O3. The van der Waals surface area contributed by atoms with Gasteiger partial charge < -0.3 is 30.0 Å². The van der Waals surface area contributed by atoms with E-state index in [0.29, 0.717) is 43.4 Å². The number of anilines is 3. The van der Waals surface area contributed by atoms with Crippen LogP contribution < -0.4 is 15.8 Å². The van der Waals surface area contributed by atoms with E-state index in [1.165, 1.54) is 4.90 Å². The van der Waals surface area contributed by atoms with Crippen molar-refractivity contribution in [2.45, 2.75) is 18.9 Å². The van der Waals surface area contributed by atoms with Gasteiger partial charge in [-0.05, 0) is 37.1 Å². The smallest absolute Gasteiger partial charge is 0.282 e. The van der Waals surface area contributed by atoms with Crippen molar-refractivity contribution < 1.29 is 18.7 Å². The van der Waals surface area contributed by atoms with Crippen LogP contribution in [0.25, 0.3) is 11.2 Å². The number of piperidine rings is 1. The van der Waals surface area contributed by atoms with Crippen molar-refractivity contribution in [2.75, 3.05) is 44.5 Å². The Morgan fingerprint density at radius 1 is 1.30 bits per heavy atom. The second kappa shape index (κ2) is 9.82. The van der Waals surface area contributed by atoms with E-state index < -0.39 is 11.7 Å². The van der Waals surface area contributed by atoms with Gasteiger partial charge >= 0.3 is 0 Å². The van der Waals surface area contributed by atoms with Crippen LogP contribution in [0.2, 0.25) is 0 Å². The Balaban J connectivity index is 1.54. The van der Waals surface area contributed by atoms with Crippen molar-refractivity contribution in [1.82, 2.24) is 24.4 Å². The molecule has 11 heteroatoms. The first kappa shape index (κ1) is 22.5. The molecule has 1 amide bonds. The average Bonchev–Trinajstić information content (AvgIpc) is 3.24. The molecule has 1 unspecified atom stereocenters. The fraction of sp³-hybridized carbons (Fsp3) is 0.364. The van der Waals surface area contributed by atoms with Crippen LogP contribution in [0.3, 0.4) is 0 Å². The summed E-state index contributed by atoms with van der Waals surface area (Å²) in [6.45, 7) is 4.92. The van der Waals surface area contributed by atoms with Crippen LogP contribution in [0, 0.1) is 0 Å². The number of benzene rings is 1. The lowest BCUT2D eigenvalue weighted by molar-refractivity contribution is -0.130. The van der Waals surface area contributed by atoms with Gasteiger partial charge in [-0.1, -0.05) is 6.58 Å². The molecule has 1 fully saturated rings. The van der Waals surface area contributed by atoms with Gasteiger partial charge in [0.05, 0.1) is 19.0 Å². The number of hydrogen-bond donors (Lipinski definition) is 2. The molecule has 4 rings (SSSR count). The number of aromatic nitrogens is 4. The van der Waals surface area contributed by atoms with Crippen molar-refractivity contribution in [2.24, 2.45) is 0 Å². The minimum absolute atomic E-state index is 0.113. The summed E-state index contributed by atoms with van der Waals surface area (Å²) in [5.74, 6) is -0.370. The summed E-state index contributed by atoms with van der Waals surface area (Å²) in [4.78, 5) is 26.8. The van der Waals surface area contributed by atoms with Gasteiger partial charge in [-0.3, -0.25) is 4.79 Å². The maximum absolute atomic E-state index is 13.4. The third kappa shape index (κ3) is 5.03. The summed E-state index contributed by atoms with van der Waals surface area (Å²) in [5.41, 5.74) is 7.91. The first-order valence-electron chi connectivity index (χ1n) is 10.6. The van der Waals surface area contributed by atoms with E-state index in [0.717, 1.165) is 24.3 Å². The van der Waals surface area contributed by atoms with Crippen molar-refractivity contribution in [1.29, 1.82) is 0 Å². The van der Waals surface area contributed by atoms with E-state index >= 15 is 0 Å². The first-order valence-corrected chi connectivity index (χ1v) is 10.6. The summed E-state index contributed by atoms with van der Waals surface area (Å²) in [6.07, 6.45) is 3.16. The zero-order chi connectivity index (χ0) is 23.4. The third-order valence-electron chi connectivity index (χ3n) is 5.42. The predicted octanol–water partition coefficient (Wildman–Crippen LogP) is 2.82. The molecule has 3 heterocycles. The van der Waals surface area contributed by atoms with Gasteiger partial charge in [0.25, 0.3) is 5.91 Å². The molecular weight excluding hydrogens is 429 g/mol. The number of nitrogens with one attached hydrogen (secondary N) is 1. The van der Waals surface area contributed by atoms with Crippen LogP contribution in [0.5, 0.6) is 5.75 Å². The number of carbonyl (C=O) groups is 1. The Bertz CT molecular complexity index is 1150. The topological polar surface area (TPSA) is 120 Å². The number of methoxy groups -OCH3 is 1. The fourth-order valence-electron chi connectivity index (χ4n) is 3.81. The number of carbonyl (C=O) groups excluding carboxylic acids is 1. The predicted molar refractivity (Wildman–Crippen MR) is 122 cm³/mol. The number of halogens is 1. The molecule has 0 aliphatic carbocycles. The average molecular weight is 455 g/mol. The summed E-state index contributed by atoms with van der Waals surface area (Å²) in [7, 11) is 1.62. The third-order valence-corrected chi connectivity index (χ3v) is 5.42. The van der Waals surface area contributed by atoms with Crippen LogP contribution in [-0.2, 0) is 9.53 Å². The molecule has 1 atom stereocenters. The van der Waals surface area contributed by atoms with Crippen molar-refractivity contribution >= 4 is 34.5 Å². The second-order valence-electron chi connectivity index (χ2n) is 7.70. The number of nitrogens with zero attached hydrogens (tertiary/aromatic N) is 5. The van der Waals surface area contributed by atoms with Gasteiger partial charge in [-0.2, -0.15) is 9.97 Å². The lowest BCUT2D eigenvalue weighted by atomic mass is 10.1. The normalized spacial score (nSPS) is 16.1. The highest BCUT2D eigenvalue weighted by atomic mass is 19.1. The second-order valence-corrected chi connectivity index (χ2v) is 7.70. The molecule has 2 aromatic heterocycles. The molecule has 0 spiro atoms. The Morgan fingerprint density at radius 2 is 2.09 bits per heavy atom. The molecule has 33 heavy (non-hydrogen) atoms. The van der Waals surface area contributed by atoms with Crippen molar-refractivity contribution in [3.63, 3.8) is 0 Å². The number of likely N-dealkylation sites (tertiary alicyclic amines) is 1. The highest BCUT2D eigenvalue weighted by Crippen LogP contribution is 2.28. The number of nitrogen functional groups attached to an aromatic ring is 1. The standard InChI is InChI=1S/C22H26FN7O3/c1-14(23)21(31)29-9-3-4-16(12-29)30-13-25-18-19(24)27-22(28-20(18)30)26-15-5-7-17(8-6-15)33-11-10-32-2/h5-8,13,16H,1,3-4,9-12H2,2H3,(H3,24,26,27,28). The Kier molecular flexibility index (Phi) is 6.68. The number of amides is 1. The summed E-state index contributed by atoms with van der Waals surface area (Å²) >= 11 is 0. The Hall–Kier alpha value is -3.73. The summed E-state index contributed by atoms with van der Waals surface area (Å²) in [5, 5.41) is 3.14. The molecule has 3 aromatic rings. The lowest BCUT2D eigenvalue weighted by Crippen LogP contribution is -2.40. The first-order chi connectivity index (χ1) is 16.0. The van der Waals surface area contributed by atoms with Gasteiger partial charge in [0, 0.05) is 25.9 Å². The molecule has 1 aromatic carbocycles. The van der Waals surface area contributed by atoms with Crippen molar-refractivity contribution in [3.8, 4) is 5.75 Å². The van der Waals surface area contributed by atoms with Crippen molar-refractivity contribution in [3.05, 3.63) is 43.0 Å². The van der Waals surface area contributed by atoms with Gasteiger partial charge in [0.1, 0.15) is 17.9 Å². The zero-order valence-electron chi connectivity index (χ0n) is 18.3. The zero-order valence-corrected chi connectivity index (χ0v) is 18.3. The summed E-state index contributed by atoms with van der Waals surface area (Å²) in [6, 6.07) is 7.24. The van der Waals surface area contributed by atoms with E-state index in [2.05, 4.69) is 26.8 Å². The fourth-order valence-corrected chi connectivity index (χ4v) is 3.81. The molecule has 1 saturated heterocycles. The minimum Gasteiger partial charge on any atom is -0.491 e. The molecule has 174 valence electrons. The molecule has 3 N–H and O–H groups in total. The van der Waals surface area contributed by atoms with Gasteiger partial charge in [-0.15, -0.1) is 0 Å². The van der Waals surface area contributed by atoms with Gasteiger partial charge in [-0.25, -0.2) is 9.37 Å². The van der Waals surface area contributed by atoms with Crippen LogP contribution in [0.4, 0.5) is 21.8 Å². The monoisotopic (exact) mass is 455 g/mol. The number of rotatable bonds is 8. The molecule has 1 aliphatic heterocycles. The highest BCUT2D eigenvalue weighted by Gasteiger charge is 2.28. The van der Waals surface area contributed by atoms with Crippen LogP contribution in [-0.4, -0.2) is 63.7 Å². The van der Waals surface area contributed by atoms with E-state index in [4.69, 9.17) is 15.2 Å². The van der Waals surface area contributed by atoms with E-state index in [9.17, 15) is 9.18 Å².